The van der Waals surface area contributed by atoms with Crippen LogP contribution in [-0.2, 0) is 6.54 Å². The summed E-state index contributed by atoms with van der Waals surface area (Å²) in [6.45, 7) is 3.73. The molecule has 0 unspecified atom stereocenters. The van der Waals surface area contributed by atoms with Crippen LogP contribution in [0.3, 0.4) is 0 Å². The maximum absolute atomic E-state index is 5.96. The lowest BCUT2D eigenvalue weighted by Crippen LogP contribution is -2.22. The molecule has 0 saturated carbocycles. The molecule has 0 aliphatic carbocycles. The number of nitrogen functional groups attached to an aromatic ring is 1. The molecule has 2 rings (SSSR count). The Hall–Kier alpha value is -2.36. The van der Waals surface area contributed by atoms with Gasteiger partial charge in [0.05, 0.1) is 14.2 Å². The van der Waals surface area contributed by atoms with Crippen molar-refractivity contribution >= 4 is 11.4 Å². The molecule has 2 N–H and O–H groups in total. The second kappa shape index (κ2) is 6.88. The molecule has 2 aromatic carbocycles. The minimum absolute atomic E-state index is 0.664. The SMILES string of the molecule is CCN(Cc1cc(N)cc(OC)c1OC)c1ccccc1. The lowest BCUT2D eigenvalue weighted by Gasteiger charge is -2.25. The molecule has 0 amide bonds. The summed E-state index contributed by atoms with van der Waals surface area (Å²) < 4.78 is 10.9. The standard InChI is InChI=1S/C17H22N2O2/c1-4-19(15-8-6-5-7-9-15)12-13-10-14(18)11-16(20-2)17(13)21-3/h5-11H,4,12,18H2,1-3H3. The van der Waals surface area contributed by atoms with Gasteiger partial charge >= 0.3 is 0 Å². The Morgan fingerprint density at radius 1 is 1.05 bits per heavy atom. The summed E-state index contributed by atoms with van der Waals surface area (Å²) in [4.78, 5) is 2.26. The van der Waals surface area contributed by atoms with Gasteiger partial charge < -0.3 is 20.1 Å². The number of nitrogens with zero attached hydrogens (tertiary/aromatic N) is 1. The summed E-state index contributed by atoms with van der Waals surface area (Å²) in [5, 5.41) is 0. The molecule has 0 fully saturated rings. The second-order valence-corrected chi connectivity index (χ2v) is 4.77. The molecule has 4 nitrogen and oxygen atoms in total. The molecule has 0 aromatic heterocycles. The van der Waals surface area contributed by atoms with Crippen LogP contribution in [0.15, 0.2) is 42.5 Å². The zero-order valence-corrected chi connectivity index (χ0v) is 12.8. The van der Waals surface area contributed by atoms with Crippen molar-refractivity contribution in [3.05, 3.63) is 48.0 Å². The summed E-state index contributed by atoms with van der Waals surface area (Å²) in [6, 6.07) is 14.0. The van der Waals surface area contributed by atoms with E-state index in [0.717, 1.165) is 17.9 Å². The first-order valence-electron chi connectivity index (χ1n) is 7.00. The summed E-state index contributed by atoms with van der Waals surface area (Å²) in [5.74, 6) is 1.40. The normalized spacial score (nSPS) is 10.2. The van der Waals surface area contributed by atoms with E-state index in [1.807, 2.05) is 24.3 Å². The highest BCUT2D eigenvalue weighted by molar-refractivity contribution is 5.58. The molecular weight excluding hydrogens is 264 g/mol. The molecule has 0 radical (unpaired) electrons. The van der Waals surface area contributed by atoms with Gasteiger partial charge in [0.1, 0.15) is 0 Å². The zero-order chi connectivity index (χ0) is 15.2. The van der Waals surface area contributed by atoms with E-state index in [4.69, 9.17) is 15.2 Å². The van der Waals surface area contributed by atoms with Gasteiger partial charge in [-0.2, -0.15) is 0 Å². The highest BCUT2D eigenvalue weighted by Gasteiger charge is 2.14. The summed E-state index contributed by atoms with van der Waals surface area (Å²) >= 11 is 0. The van der Waals surface area contributed by atoms with Gasteiger partial charge in [0.25, 0.3) is 0 Å². The number of rotatable bonds is 6. The average molecular weight is 286 g/mol. The maximum Gasteiger partial charge on any atom is 0.165 e. The van der Waals surface area contributed by atoms with E-state index in [2.05, 4.69) is 24.0 Å². The summed E-state index contributed by atoms with van der Waals surface area (Å²) in [5.41, 5.74) is 8.82. The average Bonchev–Trinajstić information content (AvgIpc) is 2.52. The van der Waals surface area contributed by atoms with Crippen LogP contribution in [0.4, 0.5) is 11.4 Å². The fraction of sp³-hybridized carbons (Fsp3) is 0.294. The van der Waals surface area contributed by atoms with Gasteiger partial charge in [-0.3, -0.25) is 0 Å². The van der Waals surface area contributed by atoms with Gasteiger partial charge in [-0.15, -0.1) is 0 Å². The predicted molar refractivity (Wildman–Crippen MR) is 87.1 cm³/mol. The number of hydrogen-bond donors (Lipinski definition) is 1. The Kier molecular flexibility index (Phi) is 4.93. The minimum Gasteiger partial charge on any atom is -0.493 e. The molecular formula is C17H22N2O2. The third kappa shape index (κ3) is 3.40. The smallest absolute Gasteiger partial charge is 0.165 e. The first-order valence-corrected chi connectivity index (χ1v) is 7.00. The number of benzene rings is 2. The molecule has 0 bridgehead atoms. The zero-order valence-electron chi connectivity index (χ0n) is 12.8. The van der Waals surface area contributed by atoms with Crippen LogP contribution in [0.1, 0.15) is 12.5 Å². The summed E-state index contributed by atoms with van der Waals surface area (Å²) in [6.07, 6.45) is 0. The first kappa shape index (κ1) is 15.0. The quantitative estimate of drug-likeness (QED) is 0.828. The topological polar surface area (TPSA) is 47.7 Å². The molecule has 0 atom stereocenters. The minimum atomic E-state index is 0.664. The monoisotopic (exact) mass is 286 g/mol. The highest BCUT2D eigenvalue weighted by Crippen LogP contribution is 2.35. The largest absolute Gasteiger partial charge is 0.493 e. The Labute approximate surface area is 126 Å². The van der Waals surface area contributed by atoms with Gasteiger partial charge in [-0.25, -0.2) is 0 Å². The Morgan fingerprint density at radius 3 is 2.33 bits per heavy atom. The van der Waals surface area contributed by atoms with Crippen molar-refractivity contribution in [2.75, 3.05) is 31.4 Å². The number of nitrogens with two attached hydrogens (primary N) is 1. The van der Waals surface area contributed by atoms with Gasteiger partial charge in [0.2, 0.25) is 0 Å². The van der Waals surface area contributed by atoms with E-state index in [9.17, 15) is 0 Å². The molecule has 0 aliphatic heterocycles. The van der Waals surface area contributed by atoms with Crippen LogP contribution in [0.25, 0.3) is 0 Å². The van der Waals surface area contributed by atoms with Crippen molar-refractivity contribution in [1.82, 2.24) is 0 Å². The Balaban J connectivity index is 2.35. The fourth-order valence-electron chi connectivity index (χ4n) is 2.41. The van der Waals surface area contributed by atoms with Gasteiger partial charge in [-0.05, 0) is 25.1 Å². The van der Waals surface area contributed by atoms with Crippen molar-refractivity contribution in [3.8, 4) is 11.5 Å². The van der Waals surface area contributed by atoms with Crippen molar-refractivity contribution in [1.29, 1.82) is 0 Å². The summed E-state index contributed by atoms with van der Waals surface area (Å²) in [7, 11) is 3.27. The molecule has 0 heterocycles. The third-order valence-corrected chi connectivity index (χ3v) is 3.44. The van der Waals surface area contributed by atoms with Crippen LogP contribution < -0.4 is 20.1 Å². The van der Waals surface area contributed by atoms with Crippen molar-refractivity contribution < 1.29 is 9.47 Å². The lowest BCUT2D eigenvalue weighted by molar-refractivity contribution is 0.351. The van der Waals surface area contributed by atoms with E-state index in [1.165, 1.54) is 5.69 Å². The number of anilines is 2. The molecule has 0 saturated heterocycles. The predicted octanol–water partition coefficient (Wildman–Crippen LogP) is 3.31. The number of ether oxygens (including phenoxy) is 2. The molecule has 0 spiro atoms. The van der Waals surface area contributed by atoms with Crippen LogP contribution in [0.2, 0.25) is 0 Å². The third-order valence-electron chi connectivity index (χ3n) is 3.44. The molecule has 2 aromatic rings. The maximum atomic E-state index is 5.96. The van der Waals surface area contributed by atoms with E-state index in [1.54, 1.807) is 20.3 Å². The molecule has 4 heteroatoms. The number of hydrogen-bond acceptors (Lipinski definition) is 4. The fourth-order valence-corrected chi connectivity index (χ4v) is 2.41. The first-order chi connectivity index (χ1) is 10.2. The van der Waals surface area contributed by atoms with Crippen LogP contribution in [0.5, 0.6) is 11.5 Å². The highest BCUT2D eigenvalue weighted by atomic mass is 16.5. The van der Waals surface area contributed by atoms with Gasteiger partial charge in [0, 0.05) is 36.1 Å². The molecule has 112 valence electrons. The molecule has 21 heavy (non-hydrogen) atoms. The van der Waals surface area contributed by atoms with E-state index in [0.29, 0.717) is 18.0 Å². The molecule has 0 aliphatic rings. The van der Waals surface area contributed by atoms with Crippen molar-refractivity contribution in [2.45, 2.75) is 13.5 Å². The van der Waals surface area contributed by atoms with Crippen LogP contribution in [-0.4, -0.2) is 20.8 Å². The van der Waals surface area contributed by atoms with Crippen LogP contribution >= 0.6 is 0 Å². The van der Waals surface area contributed by atoms with E-state index >= 15 is 0 Å². The van der Waals surface area contributed by atoms with Gasteiger partial charge in [0.15, 0.2) is 11.5 Å². The van der Waals surface area contributed by atoms with Crippen LogP contribution in [0, 0.1) is 0 Å². The number of methoxy groups -OCH3 is 2. The van der Waals surface area contributed by atoms with Gasteiger partial charge in [-0.1, -0.05) is 18.2 Å². The second-order valence-electron chi connectivity index (χ2n) is 4.77. The van der Waals surface area contributed by atoms with Crippen molar-refractivity contribution in [3.63, 3.8) is 0 Å². The number of para-hydroxylation sites is 1. The van der Waals surface area contributed by atoms with E-state index < -0.39 is 0 Å². The Bertz CT molecular complexity index is 585. The lowest BCUT2D eigenvalue weighted by atomic mass is 10.1. The van der Waals surface area contributed by atoms with E-state index in [-0.39, 0.29) is 0 Å². The van der Waals surface area contributed by atoms with Crippen molar-refractivity contribution in [2.24, 2.45) is 0 Å². The Morgan fingerprint density at radius 2 is 1.76 bits per heavy atom.